The van der Waals surface area contributed by atoms with Crippen molar-refractivity contribution >= 4 is 5.91 Å². The lowest BCUT2D eigenvalue weighted by Crippen LogP contribution is -2.51. The summed E-state index contributed by atoms with van der Waals surface area (Å²) in [5.41, 5.74) is 5.59. The van der Waals surface area contributed by atoms with E-state index >= 15 is 0 Å². The molecule has 0 aromatic rings. The molecule has 1 aliphatic carbocycles. The highest BCUT2D eigenvalue weighted by Crippen LogP contribution is 2.32. The molecule has 0 aromatic heterocycles. The molecule has 3 N–H and O–H groups in total. The Bertz CT molecular complexity index is 255. The van der Waals surface area contributed by atoms with E-state index in [-0.39, 0.29) is 11.3 Å². The minimum atomic E-state index is -0.332. The molecule has 3 heteroatoms. The highest BCUT2D eigenvalue weighted by molar-refractivity contribution is 5.83. The van der Waals surface area contributed by atoms with Crippen LogP contribution in [0.15, 0.2) is 0 Å². The van der Waals surface area contributed by atoms with Crippen LogP contribution >= 0.6 is 0 Å². The van der Waals surface area contributed by atoms with Crippen LogP contribution in [0.5, 0.6) is 0 Å². The maximum atomic E-state index is 12.5. The molecule has 1 saturated carbocycles. The number of carbonyl (C=O) groups is 1. The van der Waals surface area contributed by atoms with Gasteiger partial charge in [0.05, 0.1) is 5.41 Å². The molecule has 106 valence electrons. The Morgan fingerprint density at radius 2 is 1.89 bits per heavy atom. The third kappa shape index (κ3) is 3.47. The summed E-state index contributed by atoms with van der Waals surface area (Å²) in [6.07, 6.45) is 7.68. The second-order valence-corrected chi connectivity index (χ2v) is 5.94. The number of hydrogen-bond donors (Lipinski definition) is 2. The van der Waals surface area contributed by atoms with Gasteiger partial charge in [0.2, 0.25) is 5.91 Å². The summed E-state index contributed by atoms with van der Waals surface area (Å²) in [7, 11) is 0. The number of rotatable bonds is 8. The molecular weight excluding hydrogens is 224 g/mol. The summed E-state index contributed by atoms with van der Waals surface area (Å²) in [4.78, 5) is 12.5. The van der Waals surface area contributed by atoms with Gasteiger partial charge >= 0.3 is 0 Å². The van der Waals surface area contributed by atoms with Crippen molar-refractivity contribution in [2.45, 2.75) is 71.8 Å². The van der Waals surface area contributed by atoms with Gasteiger partial charge in [-0.05, 0) is 38.5 Å². The van der Waals surface area contributed by atoms with Gasteiger partial charge in [0.15, 0.2) is 0 Å². The maximum absolute atomic E-state index is 12.5. The van der Waals surface area contributed by atoms with Crippen molar-refractivity contribution in [1.29, 1.82) is 0 Å². The first-order valence-electron chi connectivity index (χ1n) is 7.60. The standard InChI is InChI=1S/C15H30N2O/c1-4-9-15(11-16,10-5-2)14(18)17-12(3)13-7-6-8-13/h12-13H,4-11,16H2,1-3H3,(H,17,18). The fourth-order valence-corrected chi connectivity index (χ4v) is 3.02. The van der Waals surface area contributed by atoms with Crippen molar-refractivity contribution in [1.82, 2.24) is 5.32 Å². The Morgan fingerprint density at radius 1 is 1.33 bits per heavy atom. The molecule has 3 nitrogen and oxygen atoms in total. The first-order chi connectivity index (χ1) is 8.59. The second kappa shape index (κ2) is 7.13. The first-order valence-corrected chi connectivity index (χ1v) is 7.60. The monoisotopic (exact) mass is 254 g/mol. The summed E-state index contributed by atoms with van der Waals surface area (Å²) in [6.45, 7) is 6.87. The van der Waals surface area contributed by atoms with Gasteiger partial charge in [-0.1, -0.05) is 33.1 Å². The van der Waals surface area contributed by atoms with Crippen LogP contribution < -0.4 is 11.1 Å². The van der Waals surface area contributed by atoms with Gasteiger partial charge in [0, 0.05) is 12.6 Å². The Kier molecular flexibility index (Phi) is 6.13. The van der Waals surface area contributed by atoms with Crippen LogP contribution in [-0.4, -0.2) is 18.5 Å². The first kappa shape index (κ1) is 15.5. The number of nitrogens with one attached hydrogen (secondary N) is 1. The van der Waals surface area contributed by atoms with Crippen LogP contribution in [0.4, 0.5) is 0 Å². The Morgan fingerprint density at radius 3 is 2.22 bits per heavy atom. The number of hydrogen-bond acceptors (Lipinski definition) is 2. The summed E-state index contributed by atoms with van der Waals surface area (Å²) in [5.74, 6) is 0.876. The largest absolute Gasteiger partial charge is 0.353 e. The predicted octanol–water partition coefficient (Wildman–Crippen LogP) is 2.84. The minimum absolute atomic E-state index is 0.188. The molecule has 0 bridgehead atoms. The lowest BCUT2D eigenvalue weighted by Gasteiger charge is -2.36. The maximum Gasteiger partial charge on any atom is 0.227 e. The lowest BCUT2D eigenvalue weighted by molar-refractivity contribution is -0.132. The number of amides is 1. The van der Waals surface area contributed by atoms with Gasteiger partial charge < -0.3 is 11.1 Å². The zero-order valence-corrected chi connectivity index (χ0v) is 12.3. The quantitative estimate of drug-likeness (QED) is 0.700. The molecule has 0 heterocycles. The minimum Gasteiger partial charge on any atom is -0.353 e. The van der Waals surface area contributed by atoms with E-state index in [1.165, 1.54) is 19.3 Å². The highest BCUT2D eigenvalue weighted by Gasteiger charge is 2.37. The van der Waals surface area contributed by atoms with E-state index in [0.29, 0.717) is 18.5 Å². The van der Waals surface area contributed by atoms with Crippen LogP contribution in [0, 0.1) is 11.3 Å². The molecule has 0 saturated heterocycles. The number of nitrogens with two attached hydrogens (primary N) is 1. The van der Waals surface area contributed by atoms with Crippen molar-refractivity contribution < 1.29 is 4.79 Å². The van der Waals surface area contributed by atoms with Crippen molar-refractivity contribution in [3.63, 3.8) is 0 Å². The average molecular weight is 254 g/mol. The summed E-state index contributed by atoms with van der Waals surface area (Å²) >= 11 is 0. The molecule has 0 aromatic carbocycles. The van der Waals surface area contributed by atoms with E-state index in [1.807, 2.05) is 0 Å². The van der Waals surface area contributed by atoms with Gasteiger partial charge in [-0.3, -0.25) is 4.79 Å². The Balaban J connectivity index is 2.61. The van der Waals surface area contributed by atoms with Crippen molar-refractivity contribution in [2.75, 3.05) is 6.54 Å². The third-order valence-corrected chi connectivity index (χ3v) is 4.55. The normalized spacial score (nSPS) is 18.2. The smallest absolute Gasteiger partial charge is 0.227 e. The fourth-order valence-electron chi connectivity index (χ4n) is 3.02. The average Bonchev–Trinajstić information content (AvgIpc) is 2.25. The molecule has 1 amide bonds. The molecular formula is C15H30N2O. The zero-order chi connectivity index (χ0) is 13.6. The zero-order valence-electron chi connectivity index (χ0n) is 12.3. The van der Waals surface area contributed by atoms with Crippen molar-refractivity contribution in [3.05, 3.63) is 0 Å². The Hall–Kier alpha value is -0.570. The van der Waals surface area contributed by atoms with E-state index in [0.717, 1.165) is 25.7 Å². The lowest BCUT2D eigenvalue weighted by atomic mass is 9.76. The van der Waals surface area contributed by atoms with Gasteiger partial charge in [0.1, 0.15) is 0 Å². The van der Waals surface area contributed by atoms with Crippen LogP contribution in [0.25, 0.3) is 0 Å². The Labute approximate surface area is 112 Å². The molecule has 1 fully saturated rings. The van der Waals surface area contributed by atoms with Gasteiger partial charge in [-0.2, -0.15) is 0 Å². The van der Waals surface area contributed by atoms with Crippen LogP contribution in [0.3, 0.4) is 0 Å². The van der Waals surface area contributed by atoms with E-state index in [2.05, 4.69) is 26.1 Å². The molecule has 1 aliphatic rings. The van der Waals surface area contributed by atoms with E-state index < -0.39 is 0 Å². The van der Waals surface area contributed by atoms with Crippen molar-refractivity contribution in [2.24, 2.45) is 17.1 Å². The summed E-state index contributed by atoms with van der Waals surface area (Å²) in [5, 5.41) is 3.22. The van der Waals surface area contributed by atoms with Crippen LogP contribution in [0.1, 0.15) is 65.7 Å². The van der Waals surface area contributed by atoms with Crippen LogP contribution in [0.2, 0.25) is 0 Å². The molecule has 1 rings (SSSR count). The molecule has 1 unspecified atom stereocenters. The SMILES string of the molecule is CCCC(CN)(CCC)C(=O)NC(C)C1CCC1. The second-order valence-electron chi connectivity index (χ2n) is 5.94. The summed E-state index contributed by atoms with van der Waals surface area (Å²) in [6, 6.07) is 0.311. The van der Waals surface area contributed by atoms with Crippen LogP contribution in [-0.2, 0) is 4.79 Å². The van der Waals surface area contributed by atoms with Gasteiger partial charge in [0.25, 0.3) is 0 Å². The van der Waals surface area contributed by atoms with E-state index in [9.17, 15) is 4.79 Å². The van der Waals surface area contributed by atoms with Crippen molar-refractivity contribution in [3.8, 4) is 0 Å². The third-order valence-electron chi connectivity index (χ3n) is 4.55. The number of carbonyl (C=O) groups excluding carboxylic acids is 1. The topological polar surface area (TPSA) is 55.1 Å². The van der Waals surface area contributed by atoms with E-state index in [4.69, 9.17) is 5.73 Å². The predicted molar refractivity (Wildman–Crippen MR) is 76.2 cm³/mol. The summed E-state index contributed by atoms with van der Waals surface area (Å²) < 4.78 is 0. The fraction of sp³-hybridized carbons (Fsp3) is 0.933. The van der Waals surface area contributed by atoms with Gasteiger partial charge in [-0.15, -0.1) is 0 Å². The molecule has 0 aliphatic heterocycles. The molecule has 0 radical (unpaired) electrons. The van der Waals surface area contributed by atoms with Gasteiger partial charge in [-0.25, -0.2) is 0 Å². The highest BCUT2D eigenvalue weighted by atomic mass is 16.2. The molecule has 1 atom stereocenters. The molecule has 0 spiro atoms. The molecule has 18 heavy (non-hydrogen) atoms. The van der Waals surface area contributed by atoms with E-state index in [1.54, 1.807) is 0 Å².